The molecule has 1 aromatic heterocycles. The minimum absolute atomic E-state index is 0.110. The monoisotopic (exact) mass is 415 g/mol. The van der Waals surface area contributed by atoms with Crippen LogP contribution < -0.4 is 5.32 Å². The van der Waals surface area contributed by atoms with Crippen molar-refractivity contribution in [3.63, 3.8) is 0 Å². The third-order valence-corrected chi connectivity index (χ3v) is 5.96. The van der Waals surface area contributed by atoms with Crippen molar-refractivity contribution in [3.05, 3.63) is 65.0 Å². The molecule has 1 aliphatic rings. The van der Waals surface area contributed by atoms with Crippen molar-refractivity contribution in [1.29, 1.82) is 0 Å². The van der Waals surface area contributed by atoms with Crippen molar-refractivity contribution in [2.24, 2.45) is 0 Å². The molecule has 1 saturated heterocycles. The van der Waals surface area contributed by atoms with Crippen LogP contribution in [0.2, 0.25) is 0 Å². The van der Waals surface area contributed by atoms with Gasteiger partial charge in [-0.2, -0.15) is 0 Å². The molecule has 0 spiro atoms. The van der Waals surface area contributed by atoms with Gasteiger partial charge in [-0.1, -0.05) is 6.07 Å². The fourth-order valence-corrected chi connectivity index (χ4v) is 4.38. The van der Waals surface area contributed by atoms with Gasteiger partial charge in [0.05, 0.1) is 11.4 Å². The average molecular weight is 415 g/mol. The number of halogens is 2. The highest BCUT2D eigenvalue weighted by Crippen LogP contribution is 2.28. The summed E-state index contributed by atoms with van der Waals surface area (Å²) in [6, 6.07) is 12.0. The van der Waals surface area contributed by atoms with Crippen molar-refractivity contribution in [2.45, 2.75) is 0 Å². The number of fused-ring (bicyclic) bond motifs is 1. The highest BCUT2D eigenvalue weighted by Gasteiger charge is 2.24. The number of amides is 2. The van der Waals surface area contributed by atoms with Gasteiger partial charge in [-0.3, -0.25) is 14.5 Å². The number of carbonyl (C=O) groups is 2. The first-order valence-corrected chi connectivity index (χ1v) is 10.1. The van der Waals surface area contributed by atoms with E-state index in [1.165, 1.54) is 41.7 Å². The Hall–Kier alpha value is -2.84. The quantitative estimate of drug-likeness (QED) is 0.709. The van der Waals surface area contributed by atoms with Crippen LogP contribution in [-0.4, -0.2) is 54.3 Å². The summed E-state index contributed by atoms with van der Waals surface area (Å²) in [5.41, 5.74) is 0.544. The van der Waals surface area contributed by atoms with Crippen molar-refractivity contribution in [1.82, 2.24) is 9.80 Å². The highest BCUT2D eigenvalue weighted by molar-refractivity contribution is 7.20. The van der Waals surface area contributed by atoms with E-state index in [4.69, 9.17) is 0 Å². The fraction of sp³-hybridized carbons (Fsp3) is 0.238. The maximum Gasteiger partial charge on any atom is 0.264 e. The number of benzene rings is 2. The molecule has 2 amide bonds. The van der Waals surface area contributed by atoms with Gasteiger partial charge in [0.1, 0.15) is 11.6 Å². The zero-order chi connectivity index (χ0) is 20.4. The van der Waals surface area contributed by atoms with Gasteiger partial charge in [0.25, 0.3) is 5.91 Å². The molecule has 8 heteroatoms. The maximum atomic E-state index is 13.9. The Kier molecular flexibility index (Phi) is 5.55. The molecule has 2 aromatic carbocycles. The molecule has 1 N–H and O–H groups in total. The molecule has 5 nitrogen and oxygen atoms in total. The van der Waals surface area contributed by atoms with Crippen LogP contribution in [-0.2, 0) is 4.79 Å². The van der Waals surface area contributed by atoms with Crippen LogP contribution in [0.25, 0.3) is 10.1 Å². The Labute approximate surface area is 170 Å². The number of hydrogen-bond acceptors (Lipinski definition) is 4. The van der Waals surface area contributed by atoms with Crippen LogP contribution in [0.1, 0.15) is 9.67 Å². The van der Waals surface area contributed by atoms with Gasteiger partial charge in [-0.15, -0.1) is 11.3 Å². The molecule has 4 rings (SSSR count). The first-order chi connectivity index (χ1) is 14.0. The molecule has 150 valence electrons. The van der Waals surface area contributed by atoms with Crippen LogP contribution in [0, 0.1) is 11.6 Å². The standard InChI is InChI=1S/C21H19F2N3O2S/c22-14-4-6-15(7-5-14)24-20(27)13-25-8-10-26(11-9-25)21(28)19-12-16-17(23)2-1-3-18(16)29-19/h1-7,12H,8-11,13H2,(H,24,27). The van der Waals surface area contributed by atoms with Crippen LogP contribution >= 0.6 is 11.3 Å². The molecule has 0 atom stereocenters. The number of nitrogens with zero attached hydrogens (tertiary/aromatic N) is 2. The summed E-state index contributed by atoms with van der Waals surface area (Å²) in [6.07, 6.45) is 0. The van der Waals surface area contributed by atoms with Crippen molar-refractivity contribution < 1.29 is 18.4 Å². The van der Waals surface area contributed by atoms with Crippen LogP contribution in [0.4, 0.5) is 14.5 Å². The van der Waals surface area contributed by atoms with E-state index in [1.807, 2.05) is 4.90 Å². The second-order valence-electron chi connectivity index (χ2n) is 6.89. The first kappa shape index (κ1) is 19.5. The van der Waals surface area contributed by atoms with Gasteiger partial charge in [-0.25, -0.2) is 8.78 Å². The summed E-state index contributed by atoms with van der Waals surface area (Å²) in [5, 5.41) is 3.20. The minimum Gasteiger partial charge on any atom is -0.335 e. The zero-order valence-corrected chi connectivity index (χ0v) is 16.3. The number of carbonyl (C=O) groups excluding carboxylic acids is 2. The maximum absolute atomic E-state index is 13.9. The lowest BCUT2D eigenvalue weighted by atomic mass is 10.2. The summed E-state index contributed by atoms with van der Waals surface area (Å²) < 4.78 is 27.6. The Bertz CT molecular complexity index is 1040. The van der Waals surface area contributed by atoms with E-state index in [-0.39, 0.29) is 30.0 Å². The smallest absolute Gasteiger partial charge is 0.264 e. The highest BCUT2D eigenvalue weighted by atomic mass is 32.1. The van der Waals surface area contributed by atoms with Crippen molar-refractivity contribution in [2.75, 3.05) is 38.0 Å². The molecule has 0 aliphatic carbocycles. The third-order valence-electron chi connectivity index (χ3n) is 4.87. The molecule has 0 radical (unpaired) electrons. The Morgan fingerprint density at radius 2 is 1.72 bits per heavy atom. The summed E-state index contributed by atoms with van der Waals surface area (Å²) in [4.78, 5) is 29.2. The van der Waals surface area contributed by atoms with Gasteiger partial charge in [0.15, 0.2) is 0 Å². The van der Waals surface area contributed by atoms with Crippen molar-refractivity contribution >= 4 is 38.9 Å². The van der Waals surface area contributed by atoms with Gasteiger partial charge in [-0.05, 0) is 42.5 Å². The van der Waals surface area contributed by atoms with E-state index in [1.54, 1.807) is 23.1 Å². The van der Waals surface area contributed by atoms with E-state index in [0.29, 0.717) is 42.1 Å². The van der Waals surface area contributed by atoms with E-state index in [2.05, 4.69) is 5.32 Å². The largest absolute Gasteiger partial charge is 0.335 e. The Morgan fingerprint density at radius 3 is 2.41 bits per heavy atom. The predicted molar refractivity (Wildman–Crippen MR) is 109 cm³/mol. The predicted octanol–water partition coefficient (Wildman–Crippen LogP) is 3.58. The molecule has 3 aromatic rings. The summed E-state index contributed by atoms with van der Waals surface area (Å²) >= 11 is 1.29. The van der Waals surface area contributed by atoms with Crippen LogP contribution in [0.5, 0.6) is 0 Å². The Balaban J connectivity index is 1.31. The molecular formula is C21H19F2N3O2S. The number of piperazine rings is 1. The Morgan fingerprint density at radius 1 is 1.00 bits per heavy atom. The molecule has 0 bridgehead atoms. The topological polar surface area (TPSA) is 52.7 Å². The third kappa shape index (κ3) is 4.44. The van der Waals surface area contributed by atoms with Gasteiger partial charge < -0.3 is 10.2 Å². The van der Waals surface area contributed by atoms with Crippen LogP contribution in [0.15, 0.2) is 48.5 Å². The molecule has 1 aliphatic heterocycles. The van der Waals surface area contributed by atoms with E-state index < -0.39 is 0 Å². The number of nitrogens with one attached hydrogen (secondary N) is 1. The van der Waals surface area contributed by atoms with Gasteiger partial charge in [0, 0.05) is 42.0 Å². The SMILES string of the molecule is O=C(CN1CCN(C(=O)c2cc3c(F)cccc3s2)CC1)Nc1ccc(F)cc1. The van der Waals surface area contributed by atoms with Gasteiger partial charge in [0.2, 0.25) is 5.91 Å². The van der Waals surface area contributed by atoms with Crippen LogP contribution in [0.3, 0.4) is 0 Å². The molecule has 2 heterocycles. The molecule has 0 saturated carbocycles. The lowest BCUT2D eigenvalue weighted by Crippen LogP contribution is -2.50. The molecule has 1 fully saturated rings. The normalized spacial score (nSPS) is 14.9. The number of thiophene rings is 1. The lowest BCUT2D eigenvalue weighted by molar-refractivity contribution is -0.117. The molecule has 0 unspecified atom stereocenters. The van der Waals surface area contributed by atoms with E-state index in [9.17, 15) is 18.4 Å². The summed E-state index contributed by atoms with van der Waals surface area (Å²) in [5.74, 6) is -0.975. The first-order valence-electron chi connectivity index (χ1n) is 9.25. The average Bonchev–Trinajstić information content (AvgIpc) is 3.15. The summed E-state index contributed by atoms with van der Waals surface area (Å²) in [6.45, 7) is 2.34. The second-order valence-corrected chi connectivity index (χ2v) is 7.97. The summed E-state index contributed by atoms with van der Waals surface area (Å²) in [7, 11) is 0. The van der Waals surface area contributed by atoms with E-state index in [0.717, 1.165) is 4.70 Å². The lowest BCUT2D eigenvalue weighted by Gasteiger charge is -2.34. The fourth-order valence-electron chi connectivity index (χ4n) is 3.33. The number of hydrogen-bond donors (Lipinski definition) is 1. The second kappa shape index (κ2) is 8.26. The van der Waals surface area contributed by atoms with E-state index >= 15 is 0 Å². The molecular weight excluding hydrogens is 396 g/mol. The van der Waals surface area contributed by atoms with Crippen molar-refractivity contribution in [3.8, 4) is 0 Å². The zero-order valence-electron chi connectivity index (χ0n) is 15.5. The van der Waals surface area contributed by atoms with Gasteiger partial charge >= 0.3 is 0 Å². The minimum atomic E-state index is -0.356. The molecule has 29 heavy (non-hydrogen) atoms. The number of anilines is 1. The number of rotatable bonds is 4.